The van der Waals surface area contributed by atoms with Gasteiger partial charge in [0.2, 0.25) is 0 Å². The molecule has 1 aromatic heterocycles. The lowest BCUT2D eigenvalue weighted by atomic mass is 9.91. The van der Waals surface area contributed by atoms with Gasteiger partial charge < -0.3 is 24.9 Å². The molecule has 1 fully saturated rings. The molecule has 0 bridgehead atoms. The van der Waals surface area contributed by atoms with Crippen molar-refractivity contribution in [2.75, 3.05) is 40.0 Å². The number of rotatable bonds is 5. The minimum atomic E-state index is -1.03. The van der Waals surface area contributed by atoms with Crippen molar-refractivity contribution < 1.29 is 14.6 Å². The van der Waals surface area contributed by atoms with Crippen molar-refractivity contribution in [2.24, 2.45) is 4.99 Å². The number of morpholine rings is 1. The molecule has 1 saturated heterocycles. The molecule has 2 atom stereocenters. The fourth-order valence-electron chi connectivity index (χ4n) is 4.36. The number of nitrogens with one attached hydrogen (secondary N) is 2. The lowest BCUT2D eigenvalue weighted by Gasteiger charge is -2.33. The van der Waals surface area contributed by atoms with Crippen LogP contribution in [-0.2, 0) is 9.47 Å². The Morgan fingerprint density at radius 1 is 1.33 bits per heavy atom. The van der Waals surface area contributed by atoms with Gasteiger partial charge in [-0.15, -0.1) is 0 Å². The summed E-state index contributed by atoms with van der Waals surface area (Å²) in [6.07, 6.45) is 1.94. The summed E-state index contributed by atoms with van der Waals surface area (Å²) in [5, 5.41) is 15.6. The smallest absolute Gasteiger partial charge is 0.129 e. The molecule has 0 radical (unpaired) electrons. The molecule has 0 saturated carbocycles. The van der Waals surface area contributed by atoms with Gasteiger partial charge in [-0.1, -0.05) is 12.1 Å². The van der Waals surface area contributed by atoms with Crippen LogP contribution in [0.2, 0.25) is 0 Å². The van der Waals surface area contributed by atoms with Gasteiger partial charge in [-0.3, -0.25) is 9.89 Å². The first-order chi connectivity index (χ1) is 14.3. The van der Waals surface area contributed by atoms with E-state index in [1.807, 2.05) is 19.2 Å². The minimum Gasteiger partial charge on any atom is -0.494 e. The van der Waals surface area contributed by atoms with Crippen molar-refractivity contribution in [2.45, 2.75) is 38.5 Å². The van der Waals surface area contributed by atoms with Gasteiger partial charge in [0.15, 0.2) is 0 Å². The largest absolute Gasteiger partial charge is 0.494 e. The summed E-state index contributed by atoms with van der Waals surface area (Å²) in [7, 11) is 2.09. The molecule has 3 N–H and O–H groups in total. The lowest BCUT2D eigenvalue weighted by molar-refractivity contribution is -0.0224. The fraction of sp³-hybridized carbons (Fsp3) is 0.522. The zero-order valence-electron chi connectivity index (χ0n) is 18.2. The van der Waals surface area contributed by atoms with Crippen molar-refractivity contribution in [1.82, 2.24) is 15.2 Å². The Labute approximate surface area is 177 Å². The van der Waals surface area contributed by atoms with E-state index in [4.69, 9.17) is 14.5 Å². The number of aliphatic hydroxyl groups is 1. The molecular weight excluding hydrogens is 380 g/mol. The Bertz CT molecular complexity index is 957. The van der Waals surface area contributed by atoms with Gasteiger partial charge in [0.25, 0.3) is 0 Å². The maximum absolute atomic E-state index is 10.9. The average molecular weight is 413 g/mol. The minimum absolute atomic E-state index is 0.129. The van der Waals surface area contributed by atoms with Crippen LogP contribution >= 0.6 is 0 Å². The highest BCUT2D eigenvalue weighted by Gasteiger charge is 2.32. The lowest BCUT2D eigenvalue weighted by Crippen LogP contribution is -2.45. The monoisotopic (exact) mass is 412 g/mol. The number of benzene rings is 1. The first kappa shape index (κ1) is 20.9. The van der Waals surface area contributed by atoms with E-state index in [1.165, 1.54) is 0 Å². The van der Waals surface area contributed by atoms with Crippen molar-refractivity contribution in [3.8, 4) is 0 Å². The highest BCUT2D eigenvalue weighted by Crippen LogP contribution is 2.28. The Hall–Kier alpha value is -2.35. The number of aromatic nitrogens is 1. The van der Waals surface area contributed by atoms with Crippen LogP contribution < -0.4 is 5.32 Å². The molecule has 3 heterocycles. The fourth-order valence-corrected chi connectivity index (χ4v) is 4.36. The number of nitrogens with zero attached hydrogens (tertiary/aromatic N) is 2. The average Bonchev–Trinajstić information content (AvgIpc) is 3.10. The van der Waals surface area contributed by atoms with Gasteiger partial charge in [0.05, 0.1) is 37.4 Å². The summed E-state index contributed by atoms with van der Waals surface area (Å²) >= 11 is 0. The van der Waals surface area contributed by atoms with Crippen molar-refractivity contribution in [3.05, 3.63) is 47.4 Å². The standard InChI is InChI=1S/C23H32N4O3/c1-15-21(23(2,3)28)20(30-14-16-13-29-11-10-27(16)4)12-25-22(26-15)18-6-5-7-19-17(18)8-9-24-19/h5-9,15-16,24,28H,10-14H2,1-4H3,(H,25,26)/t15?,16-/m0/s1. The first-order valence-corrected chi connectivity index (χ1v) is 10.6. The van der Waals surface area contributed by atoms with Gasteiger partial charge in [-0.25, -0.2) is 0 Å². The van der Waals surface area contributed by atoms with Gasteiger partial charge in [0, 0.05) is 34.8 Å². The number of ether oxygens (including phenoxy) is 2. The maximum atomic E-state index is 10.9. The van der Waals surface area contributed by atoms with E-state index in [-0.39, 0.29) is 12.1 Å². The number of hydrogen-bond acceptors (Lipinski definition) is 6. The predicted octanol–water partition coefficient (Wildman–Crippen LogP) is 2.28. The van der Waals surface area contributed by atoms with E-state index in [9.17, 15) is 5.11 Å². The number of H-pyrrole nitrogens is 1. The zero-order chi connectivity index (χ0) is 21.3. The summed E-state index contributed by atoms with van der Waals surface area (Å²) in [5.41, 5.74) is 1.92. The third-order valence-corrected chi connectivity index (χ3v) is 5.95. The van der Waals surface area contributed by atoms with Gasteiger partial charge in [0.1, 0.15) is 18.2 Å². The van der Waals surface area contributed by atoms with E-state index in [1.54, 1.807) is 13.8 Å². The number of aliphatic imine (C=N–C) groups is 1. The molecule has 2 aliphatic heterocycles. The molecule has 2 aromatic rings. The Kier molecular flexibility index (Phi) is 5.86. The maximum Gasteiger partial charge on any atom is 0.129 e. The zero-order valence-corrected chi connectivity index (χ0v) is 18.2. The molecule has 2 aliphatic rings. The number of fused-ring (bicyclic) bond motifs is 1. The van der Waals surface area contributed by atoms with Crippen LogP contribution in [0.5, 0.6) is 0 Å². The number of aromatic amines is 1. The van der Waals surface area contributed by atoms with Crippen LogP contribution in [0, 0.1) is 0 Å². The van der Waals surface area contributed by atoms with E-state index in [0.29, 0.717) is 19.8 Å². The van der Waals surface area contributed by atoms with E-state index in [0.717, 1.165) is 46.8 Å². The summed E-state index contributed by atoms with van der Waals surface area (Å²) in [6.45, 7) is 8.84. The van der Waals surface area contributed by atoms with Gasteiger partial charge in [-0.2, -0.15) is 0 Å². The van der Waals surface area contributed by atoms with Crippen LogP contribution in [0.25, 0.3) is 10.9 Å². The second kappa shape index (κ2) is 8.41. The molecule has 1 unspecified atom stereocenters. The van der Waals surface area contributed by atoms with Crippen molar-refractivity contribution in [3.63, 3.8) is 0 Å². The highest BCUT2D eigenvalue weighted by atomic mass is 16.5. The van der Waals surface area contributed by atoms with E-state index >= 15 is 0 Å². The number of hydrogen-bond donors (Lipinski definition) is 3. The summed E-state index contributed by atoms with van der Waals surface area (Å²) < 4.78 is 11.9. The molecule has 0 spiro atoms. The quantitative estimate of drug-likeness (QED) is 0.702. The van der Waals surface area contributed by atoms with Crippen LogP contribution in [-0.4, -0.2) is 78.5 Å². The molecule has 4 rings (SSSR count). The van der Waals surface area contributed by atoms with Crippen molar-refractivity contribution in [1.29, 1.82) is 0 Å². The summed E-state index contributed by atoms with van der Waals surface area (Å²) in [4.78, 5) is 10.4. The van der Waals surface area contributed by atoms with Crippen molar-refractivity contribution >= 4 is 16.7 Å². The van der Waals surface area contributed by atoms with Crippen LogP contribution in [0.15, 0.2) is 46.8 Å². The third kappa shape index (κ3) is 4.24. The highest BCUT2D eigenvalue weighted by molar-refractivity contribution is 6.09. The molecule has 162 valence electrons. The molecule has 30 heavy (non-hydrogen) atoms. The topological polar surface area (TPSA) is 82.1 Å². The van der Waals surface area contributed by atoms with Crippen LogP contribution in [0.4, 0.5) is 0 Å². The SMILES string of the molecule is CC1NC(c2cccc3[nH]ccc23)=NCC(OC[C@@H]2COCCN2C)=C1C(C)(C)O. The first-order valence-electron chi connectivity index (χ1n) is 10.6. The molecule has 0 amide bonds. The molecular formula is C23H32N4O3. The molecule has 7 nitrogen and oxygen atoms in total. The van der Waals surface area contributed by atoms with E-state index in [2.05, 4.69) is 40.4 Å². The summed E-state index contributed by atoms with van der Waals surface area (Å²) in [5.74, 6) is 1.55. The molecule has 7 heteroatoms. The van der Waals surface area contributed by atoms with Gasteiger partial charge in [-0.05, 0) is 40.0 Å². The molecule has 0 aliphatic carbocycles. The Morgan fingerprint density at radius 3 is 2.93 bits per heavy atom. The normalized spacial score (nSPS) is 23.8. The number of likely N-dealkylation sites (N-methyl/N-ethyl adjacent to an activating group) is 1. The summed E-state index contributed by atoms with van der Waals surface area (Å²) in [6, 6.07) is 8.27. The Morgan fingerprint density at radius 2 is 2.17 bits per heavy atom. The third-order valence-electron chi connectivity index (χ3n) is 5.95. The van der Waals surface area contributed by atoms with E-state index < -0.39 is 5.60 Å². The second-order valence-corrected chi connectivity index (χ2v) is 8.69. The molecule has 1 aromatic carbocycles. The Balaban J connectivity index is 1.62. The van der Waals surface area contributed by atoms with Crippen LogP contribution in [0.3, 0.4) is 0 Å². The van der Waals surface area contributed by atoms with Crippen LogP contribution in [0.1, 0.15) is 26.3 Å². The number of amidine groups is 1. The predicted molar refractivity (Wildman–Crippen MR) is 119 cm³/mol. The second-order valence-electron chi connectivity index (χ2n) is 8.69. The van der Waals surface area contributed by atoms with Gasteiger partial charge >= 0.3 is 0 Å².